The molecule has 3 aliphatic rings. The van der Waals surface area contributed by atoms with Gasteiger partial charge in [-0.1, -0.05) is 13.0 Å². The first-order valence-electron chi connectivity index (χ1n) is 10.5. The molecule has 3 aliphatic carbocycles. The third-order valence-electron chi connectivity index (χ3n) is 7.58. The van der Waals surface area contributed by atoms with Crippen molar-refractivity contribution in [3.05, 3.63) is 29.3 Å². The Morgan fingerprint density at radius 1 is 1.30 bits per heavy atom. The highest BCUT2D eigenvalue weighted by atomic mass is 16.5. The van der Waals surface area contributed by atoms with E-state index in [4.69, 9.17) is 4.74 Å². The van der Waals surface area contributed by atoms with Crippen molar-refractivity contribution < 1.29 is 19.7 Å². The number of hydrogen-bond donors (Lipinski definition) is 2. The highest BCUT2D eigenvalue weighted by Gasteiger charge is 2.57. The number of aliphatic hydroxyl groups is 1. The quantitative estimate of drug-likeness (QED) is 0.781. The summed E-state index contributed by atoms with van der Waals surface area (Å²) < 4.78 is 5.47. The van der Waals surface area contributed by atoms with E-state index in [9.17, 15) is 15.0 Å². The lowest BCUT2D eigenvalue weighted by atomic mass is 9.51. The van der Waals surface area contributed by atoms with Crippen molar-refractivity contribution in [2.24, 2.45) is 23.2 Å². The van der Waals surface area contributed by atoms with Crippen LogP contribution in [-0.2, 0) is 16.0 Å². The second kappa shape index (κ2) is 6.80. The van der Waals surface area contributed by atoms with Crippen molar-refractivity contribution in [3.8, 4) is 5.75 Å². The normalized spacial score (nSPS) is 37.4. The second-order valence-electron chi connectivity index (χ2n) is 9.52. The molecule has 2 fully saturated rings. The molecule has 0 amide bonds. The van der Waals surface area contributed by atoms with Crippen LogP contribution in [0.3, 0.4) is 0 Å². The first-order chi connectivity index (χ1) is 12.8. The topological polar surface area (TPSA) is 66.8 Å². The van der Waals surface area contributed by atoms with Gasteiger partial charge in [0.05, 0.1) is 12.2 Å². The zero-order valence-electron chi connectivity index (χ0n) is 16.6. The van der Waals surface area contributed by atoms with Gasteiger partial charge in [0.25, 0.3) is 0 Å². The third-order valence-corrected chi connectivity index (χ3v) is 7.58. The van der Waals surface area contributed by atoms with Gasteiger partial charge in [-0.15, -0.1) is 0 Å². The number of phenolic OH excluding ortho intramolecular Hbond substituents is 1. The number of aromatic hydroxyl groups is 1. The molecule has 4 nitrogen and oxygen atoms in total. The molecule has 148 valence electrons. The second-order valence-corrected chi connectivity index (χ2v) is 9.52. The number of rotatable bonds is 3. The fourth-order valence-electron chi connectivity index (χ4n) is 6.57. The Morgan fingerprint density at radius 2 is 2.07 bits per heavy atom. The molecule has 1 aromatic rings. The molecule has 2 saturated carbocycles. The summed E-state index contributed by atoms with van der Waals surface area (Å²) in [5.74, 6) is 1.69. The summed E-state index contributed by atoms with van der Waals surface area (Å²) in [6.45, 7) is 6.01. The average molecular weight is 373 g/mol. The average Bonchev–Trinajstić information content (AvgIpc) is 2.88. The molecule has 0 spiro atoms. The zero-order chi connectivity index (χ0) is 19.3. The van der Waals surface area contributed by atoms with Gasteiger partial charge >= 0.3 is 5.97 Å². The Hall–Kier alpha value is -1.55. The van der Waals surface area contributed by atoms with Crippen LogP contribution in [0.25, 0.3) is 0 Å². The number of benzene rings is 1. The van der Waals surface area contributed by atoms with Crippen molar-refractivity contribution in [2.75, 3.05) is 0 Å². The number of phenols is 1. The van der Waals surface area contributed by atoms with E-state index in [0.717, 1.165) is 32.1 Å². The van der Waals surface area contributed by atoms with Crippen LogP contribution >= 0.6 is 0 Å². The lowest BCUT2D eigenvalue weighted by molar-refractivity contribution is -0.150. The summed E-state index contributed by atoms with van der Waals surface area (Å²) in [7, 11) is 0. The molecule has 0 aliphatic heterocycles. The first kappa shape index (κ1) is 18.8. The number of hydrogen-bond acceptors (Lipinski definition) is 4. The Bertz CT molecular complexity index is 727. The van der Waals surface area contributed by atoms with E-state index in [2.05, 4.69) is 13.0 Å². The molecular weight excluding hydrogens is 340 g/mol. The van der Waals surface area contributed by atoms with Gasteiger partial charge in [-0.3, -0.25) is 4.79 Å². The molecule has 0 bridgehead atoms. The van der Waals surface area contributed by atoms with Gasteiger partial charge in [0.1, 0.15) is 5.75 Å². The minimum Gasteiger partial charge on any atom is -0.508 e. The summed E-state index contributed by atoms with van der Waals surface area (Å²) in [5, 5.41) is 20.7. The predicted molar refractivity (Wildman–Crippen MR) is 103 cm³/mol. The van der Waals surface area contributed by atoms with Crippen molar-refractivity contribution in [1.82, 2.24) is 0 Å². The van der Waals surface area contributed by atoms with E-state index in [1.54, 1.807) is 6.07 Å². The van der Waals surface area contributed by atoms with Gasteiger partial charge in [0, 0.05) is 6.42 Å². The zero-order valence-corrected chi connectivity index (χ0v) is 16.6. The molecule has 0 heterocycles. The van der Waals surface area contributed by atoms with Crippen LogP contribution in [0, 0.1) is 23.2 Å². The highest BCUT2D eigenvalue weighted by Crippen LogP contribution is 2.63. The van der Waals surface area contributed by atoms with Crippen LogP contribution in [0.5, 0.6) is 5.75 Å². The maximum Gasteiger partial charge on any atom is 0.306 e. The number of carbonyl (C=O) groups is 1. The monoisotopic (exact) mass is 372 g/mol. The Morgan fingerprint density at radius 3 is 2.81 bits per heavy atom. The number of aryl methyl sites for hydroxylation is 1. The molecule has 6 atom stereocenters. The standard InChI is InChI=1S/C23H32O4/c1-13(2)27-21(26)11-15-12-23(3)19(8-9-20(23)25)18-6-4-14-10-16(24)5-7-17(14)22(15)18/h5,7,10,13,15,18-20,22,24-25H,4,6,8-9,11-12H2,1-3H3/t15-,18-,19-,20-,22+,23-/m0/s1. The van der Waals surface area contributed by atoms with Crippen LogP contribution in [0.15, 0.2) is 18.2 Å². The summed E-state index contributed by atoms with van der Waals surface area (Å²) in [6.07, 6.45) is 4.90. The molecule has 4 heteroatoms. The molecule has 4 rings (SSSR count). The number of ether oxygens (including phenoxy) is 1. The van der Waals surface area contributed by atoms with E-state index in [1.165, 1.54) is 11.1 Å². The largest absolute Gasteiger partial charge is 0.508 e. The van der Waals surface area contributed by atoms with Gasteiger partial charge in [0.2, 0.25) is 0 Å². The summed E-state index contributed by atoms with van der Waals surface area (Å²) in [4.78, 5) is 12.5. The Balaban J connectivity index is 1.71. The number of aliphatic hydroxyl groups excluding tert-OH is 1. The number of esters is 1. The number of fused-ring (bicyclic) bond motifs is 5. The maximum atomic E-state index is 12.5. The van der Waals surface area contributed by atoms with Crippen LogP contribution in [-0.4, -0.2) is 28.4 Å². The third kappa shape index (κ3) is 3.16. The minimum atomic E-state index is -0.270. The van der Waals surface area contributed by atoms with Crippen molar-refractivity contribution in [3.63, 3.8) is 0 Å². The van der Waals surface area contributed by atoms with Crippen LogP contribution < -0.4 is 0 Å². The molecule has 0 saturated heterocycles. The summed E-state index contributed by atoms with van der Waals surface area (Å²) in [6, 6.07) is 5.74. The molecule has 0 unspecified atom stereocenters. The molecule has 0 aromatic heterocycles. The fraction of sp³-hybridized carbons (Fsp3) is 0.696. The molecule has 2 N–H and O–H groups in total. The van der Waals surface area contributed by atoms with E-state index < -0.39 is 0 Å². The summed E-state index contributed by atoms with van der Waals surface area (Å²) in [5.41, 5.74) is 2.42. The van der Waals surface area contributed by atoms with E-state index >= 15 is 0 Å². The Labute approximate surface area is 161 Å². The molecule has 0 radical (unpaired) electrons. The van der Waals surface area contributed by atoms with Crippen molar-refractivity contribution >= 4 is 5.97 Å². The summed E-state index contributed by atoms with van der Waals surface area (Å²) >= 11 is 0. The molecule has 1 aromatic carbocycles. The predicted octanol–water partition coefficient (Wildman–Crippen LogP) is 4.18. The smallest absolute Gasteiger partial charge is 0.306 e. The lowest BCUT2D eigenvalue weighted by Crippen LogP contribution is -2.48. The van der Waals surface area contributed by atoms with Crippen molar-refractivity contribution in [1.29, 1.82) is 0 Å². The van der Waals surface area contributed by atoms with E-state index in [1.807, 2.05) is 19.9 Å². The molecular formula is C23H32O4. The van der Waals surface area contributed by atoms with Gasteiger partial charge in [-0.05, 0) is 98.3 Å². The minimum absolute atomic E-state index is 0.0988. The van der Waals surface area contributed by atoms with Gasteiger partial charge in [-0.2, -0.15) is 0 Å². The SMILES string of the molecule is CC(C)OC(=O)C[C@H]1C[C@]2(C)[C@@H](O)CC[C@H]2[C@@H]2CCc3cc(O)ccc3[C@@H]12. The fourth-order valence-corrected chi connectivity index (χ4v) is 6.57. The van der Waals surface area contributed by atoms with E-state index in [0.29, 0.717) is 29.9 Å². The Kier molecular flexibility index (Phi) is 4.74. The first-order valence-corrected chi connectivity index (χ1v) is 10.5. The van der Waals surface area contributed by atoms with E-state index in [-0.39, 0.29) is 29.5 Å². The highest BCUT2D eigenvalue weighted by molar-refractivity contribution is 5.70. The van der Waals surface area contributed by atoms with Gasteiger partial charge < -0.3 is 14.9 Å². The maximum absolute atomic E-state index is 12.5. The van der Waals surface area contributed by atoms with Crippen LogP contribution in [0.1, 0.15) is 69.9 Å². The molecule has 27 heavy (non-hydrogen) atoms. The van der Waals surface area contributed by atoms with Crippen LogP contribution in [0.4, 0.5) is 0 Å². The van der Waals surface area contributed by atoms with Crippen LogP contribution in [0.2, 0.25) is 0 Å². The number of carbonyl (C=O) groups excluding carboxylic acids is 1. The van der Waals surface area contributed by atoms with Crippen molar-refractivity contribution in [2.45, 2.75) is 77.4 Å². The lowest BCUT2D eigenvalue weighted by Gasteiger charge is -2.53. The van der Waals surface area contributed by atoms with Gasteiger partial charge in [0.15, 0.2) is 0 Å². The van der Waals surface area contributed by atoms with Gasteiger partial charge in [-0.25, -0.2) is 0 Å².